The Hall–Kier alpha value is -2.15. The van der Waals surface area contributed by atoms with Crippen molar-refractivity contribution in [1.29, 1.82) is 0 Å². The molecule has 7 heteroatoms. The maximum absolute atomic E-state index is 12.0. The molecule has 1 amide bonds. The van der Waals surface area contributed by atoms with Crippen molar-refractivity contribution in [2.45, 2.75) is 32.2 Å². The van der Waals surface area contributed by atoms with Gasteiger partial charge >= 0.3 is 0 Å². The number of nitro groups is 1. The summed E-state index contributed by atoms with van der Waals surface area (Å²) in [6, 6.07) is 6.82. The van der Waals surface area contributed by atoms with Crippen molar-refractivity contribution in [2.75, 3.05) is 31.5 Å². The average molecular weight is 321 g/mol. The van der Waals surface area contributed by atoms with Gasteiger partial charge in [0.05, 0.1) is 17.5 Å². The van der Waals surface area contributed by atoms with Crippen LogP contribution in [0.25, 0.3) is 0 Å². The number of carbonyl (C=O) groups excluding carboxylic acids is 1. The van der Waals surface area contributed by atoms with E-state index in [1.165, 1.54) is 36.3 Å². The van der Waals surface area contributed by atoms with Crippen molar-refractivity contribution in [1.82, 2.24) is 5.32 Å². The highest BCUT2D eigenvalue weighted by atomic mass is 16.6. The molecule has 1 heterocycles. The summed E-state index contributed by atoms with van der Waals surface area (Å²) >= 11 is 0. The van der Waals surface area contributed by atoms with Crippen molar-refractivity contribution in [3.05, 3.63) is 34.4 Å². The maximum Gasteiger partial charge on any atom is 0.275 e. The molecule has 0 aromatic heterocycles. The second-order valence-corrected chi connectivity index (χ2v) is 6.06. The normalized spacial score (nSPS) is 20.7. The second-order valence-electron chi connectivity index (χ2n) is 6.06. The number of amides is 1. The molecule has 0 aliphatic carbocycles. The highest BCUT2D eigenvalue weighted by Gasteiger charge is 2.23. The van der Waals surface area contributed by atoms with E-state index >= 15 is 0 Å². The molecule has 1 saturated heterocycles. The zero-order valence-corrected chi connectivity index (χ0v) is 13.5. The molecule has 23 heavy (non-hydrogen) atoms. The number of nitrogens with zero attached hydrogens (tertiary/aromatic N) is 1. The van der Waals surface area contributed by atoms with Gasteiger partial charge in [-0.05, 0) is 38.3 Å². The van der Waals surface area contributed by atoms with Crippen molar-refractivity contribution >= 4 is 17.3 Å². The van der Waals surface area contributed by atoms with Crippen LogP contribution in [0.3, 0.4) is 0 Å². The monoisotopic (exact) mass is 321 g/mol. The molecule has 2 rings (SSSR count). The lowest BCUT2D eigenvalue weighted by Crippen LogP contribution is -3.17. The van der Waals surface area contributed by atoms with Gasteiger partial charge in [0.25, 0.3) is 11.6 Å². The predicted octanol–water partition coefficient (Wildman–Crippen LogP) is 0.580. The molecule has 7 nitrogen and oxygen atoms in total. The van der Waals surface area contributed by atoms with Gasteiger partial charge in [-0.2, -0.15) is 0 Å². The highest BCUT2D eigenvalue weighted by molar-refractivity contribution is 5.76. The SMILES string of the molecule is C[C@H]1CCCC[NH+]1CC(=O)NCCNc1ccc([N+](=O)[O-])cc1. The number of likely N-dealkylation sites (tertiary alicyclic amines) is 1. The molecule has 1 aromatic rings. The average Bonchev–Trinajstić information content (AvgIpc) is 2.54. The van der Waals surface area contributed by atoms with Gasteiger partial charge in [0.15, 0.2) is 6.54 Å². The van der Waals surface area contributed by atoms with Gasteiger partial charge in [0, 0.05) is 30.9 Å². The minimum Gasteiger partial charge on any atom is -0.383 e. The fourth-order valence-corrected chi connectivity index (χ4v) is 2.89. The summed E-state index contributed by atoms with van der Waals surface area (Å²) < 4.78 is 0. The van der Waals surface area contributed by atoms with Crippen LogP contribution in [0, 0.1) is 10.1 Å². The molecular weight excluding hydrogens is 296 g/mol. The topological polar surface area (TPSA) is 88.7 Å². The largest absolute Gasteiger partial charge is 0.383 e. The Morgan fingerprint density at radius 3 is 2.70 bits per heavy atom. The number of rotatable bonds is 7. The quantitative estimate of drug-likeness (QED) is 0.389. The van der Waals surface area contributed by atoms with Crippen LogP contribution in [0.5, 0.6) is 0 Å². The molecule has 0 saturated carbocycles. The third-order valence-corrected chi connectivity index (χ3v) is 4.32. The first-order valence-electron chi connectivity index (χ1n) is 8.16. The summed E-state index contributed by atoms with van der Waals surface area (Å²) in [7, 11) is 0. The number of hydrogen-bond donors (Lipinski definition) is 3. The van der Waals surface area contributed by atoms with E-state index in [2.05, 4.69) is 17.6 Å². The Balaban J connectivity index is 1.64. The zero-order valence-electron chi connectivity index (χ0n) is 13.5. The summed E-state index contributed by atoms with van der Waals surface area (Å²) in [4.78, 5) is 23.5. The van der Waals surface area contributed by atoms with Crippen LogP contribution in [0.4, 0.5) is 11.4 Å². The van der Waals surface area contributed by atoms with E-state index < -0.39 is 4.92 Å². The maximum atomic E-state index is 12.0. The van der Waals surface area contributed by atoms with E-state index in [0.717, 1.165) is 12.2 Å². The van der Waals surface area contributed by atoms with Gasteiger partial charge in [0.2, 0.25) is 0 Å². The smallest absolute Gasteiger partial charge is 0.275 e. The molecule has 126 valence electrons. The second kappa shape index (κ2) is 8.47. The fourth-order valence-electron chi connectivity index (χ4n) is 2.89. The number of nitro benzene ring substituents is 1. The number of nitrogens with one attached hydrogen (secondary N) is 3. The lowest BCUT2D eigenvalue weighted by molar-refractivity contribution is -0.920. The summed E-state index contributed by atoms with van der Waals surface area (Å²) in [5.74, 6) is 0.0826. The van der Waals surface area contributed by atoms with E-state index in [0.29, 0.717) is 25.7 Å². The fraction of sp³-hybridized carbons (Fsp3) is 0.562. The predicted molar refractivity (Wildman–Crippen MR) is 88.6 cm³/mol. The van der Waals surface area contributed by atoms with E-state index in [1.54, 1.807) is 12.1 Å². The van der Waals surface area contributed by atoms with E-state index in [-0.39, 0.29) is 11.6 Å². The number of benzene rings is 1. The molecule has 0 spiro atoms. The summed E-state index contributed by atoms with van der Waals surface area (Å²) in [6.45, 7) is 4.96. The molecule has 1 aliphatic rings. The first kappa shape index (κ1) is 17.2. The number of piperidine rings is 1. The third-order valence-electron chi connectivity index (χ3n) is 4.32. The third kappa shape index (κ3) is 5.52. The molecule has 0 radical (unpaired) electrons. The minimum absolute atomic E-state index is 0.0717. The van der Waals surface area contributed by atoms with Crippen molar-refractivity contribution in [3.63, 3.8) is 0 Å². The van der Waals surface area contributed by atoms with Gasteiger partial charge in [-0.25, -0.2) is 0 Å². The highest BCUT2D eigenvalue weighted by Crippen LogP contribution is 2.14. The lowest BCUT2D eigenvalue weighted by Gasteiger charge is -2.29. The first-order chi connectivity index (χ1) is 11.1. The molecule has 3 N–H and O–H groups in total. The van der Waals surface area contributed by atoms with Gasteiger partial charge in [0.1, 0.15) is 0 Å². The number of anilines is 1. The van der Waals surface area contributed by atoms with Gasteiger partial charge in [-0.15, -0.1) is 0 Å². The van der Waals surface area contributed by atoms with Crippen LogP contribution in [0.15, 0.2) is 24.3 Å². The first-order valence-corrected chi connectivity index (χ1v) is 8.16. The Kier molecular flexibility index (Phi) is 6.34. The van der Waals surface area contributed by atoms with Gasteiger partial charge in [-0.1, -0.05) is 0 Å². The molecule has 1 fully saturated rings. The van der Waals surface area contributed by atoms with Crippen molar-refractivity contribution < 1.29 is 14.6 Å². The Bertz CT molecular complexity index is 533. The van der Waals surface area contributed by atoms with Crippen LogP contribution in [0.1, 0.15) is 26.2 Å². The molecule has 1 unspecified atom stereocenters. The number of non-ortho nitro benzene ring substituents is 1. The Labute approximate surface area is 136 Å². The van der Waals surface area contributed by atoms with Crippen LogP contribution < -0.4 is 15.5 Å². The van der Waals surface area contributed by atoms with Crippen LogP contribution >= 0.6 is 0 Å². The minimum atomic E-state index is -0.423. The molecule has 1 aromatic carbocycles. The van der Waals surface area contributed by atoms with Crippen LogP contribution in [0.2, 0.25) is 0 Å². The molecule has 2 atom stereocenters. The van der Waals surface area contributed by atoms with E-state index in [1.807, 2.05) is 0 Å². The summed E-state index contributed by atoms with van der Waals surface area (Å²) in [6.07, 6.45) is 3.67. The van der Waals surface area contributed by atoms with E-state index in [4.69, 9.17) is 0 Å². The van der Waals surface area contributed by atoms with Crippen molar-refractivity contribution in [2.24, 2.45) is 0 Å². The standard InChI is InChI=1S/C16H24N4O3/c1-13-4-2-3-11-19(13)12-16(21)18-10-9-17-14-5-7-15(8-6-14)20(22)23/h5-8,13,17H,2-4,9-12H2,1H3,(H,18,21)/p+1/t13-/m0/s1. The Morgan fingerprint density at radius 1 is 1.30 bits per heavy atom. The summed E-state index contributed by atoms with van der Waals surface area (Å²) in [5.41, 5.74) is 0.877. The van der Waals surface area contributed by atoms with Crippen LogP contribution in [-0.4, -0.2) is 43.1 Å². The van der Waals surface area contributed by atoms with Crippen LogP contribution in [-0.2, 0) is 4.79 Å². The summed E-state index contributed by atoms with van der Waals surface area (Å²) in [5, 5.41) is 16.6. The molecular formula is C16H25N4O3+. The Morgan fingerprint density at radius 2 is 2.04 bits per heavy atom. The van der Waals surface area contributed by atoms with Gasteiger partial charge in [-0.3, -0.25) is 14.9 Å². The number of quaternary nitrogens is 1. The zero-order chi connectivity index (χ0) is 16.7. The number of carbonyl (C=O) groups is 1. The van der Waals surface area contributed by atoms with Gasteiger partial charge < -0.3 is 15.5 Å². The molecule has 0 bridgehead atoms. The lowest BCUT2D eigenvalue weighted by atomic mass is 10.0. The number of hydrogen-bond acceptors (Lipinski definition) is 4. The van der Waals surface area contributed by atoms with E-state index in [9.17, 15) is 14.9 Å². The molecule has 1 aliphatic heterocycles. The van der Waals surface area contributed by atoms with Crippen molar-refractivity contribution in [3.8, 4) is 0 Å².